The molecule has 1 fully saturated rings. The highest BCUT2D eigenvalue weighted by Gasteiger charge is 2.32. The van der Waals surface area contributed by atoms with Gasteiger partial charge in [-0.1, -0.05) is 49.1 Å². The lowest BCUT2D eigenvalue weighted by Crippen LogP contribution is -2.27. The third kappa shape index (κ3) is 5.92. The fourth-order valence-corrected chi connectivity index (χ4v) is 3.15. The molecule has 1 saturated carbocycles. The van der Waals surface area contributed by atoms with Gasteiger partial charge in [-0.15, -0.1) is 0 Å². The molecule has 0 saturated heterocycles. The van der Waals surface area contributed by atoms with E-state index in [2.05, 4.69) is 48.9 Å². The summed E-state index contributed by atoms with van der Waals surface area (Å²) in [5, 5.41) is 0. The molecule has 3 rings (SSSR count). The maximum atomic E-state index is 6.33. The van der Waals surface area contributed by atoms with Crippen molar-refractivity contribution in [3.63, 3.8) is 0 Å². The molecule has 1 aliphatic rings. The Hall–Kier alpha value is -2.26. The van der Waals surface area contributed by atoms with Crippen molar-refractivity contribution < 1.29 is 9.47 Å². The second-order valence-corrected chi connectivity index (χ2v) is 7.08. The standard InChI is InChI=1S/C23H29NO2/c1-3-16-25-21-10-7-11-22(17-21)26-23(20-12-13-20)14-15-24(2)18-19-8-5-4-6-9-19/h3-11,17,20,23H,1,12-16,18H2,2H3. The van der Waals surface area contributed by atoms with Gasteiger partial charge < -0.3 is 14.4 Å². The van der Waals surface area contributed by atoms with E-state index in [1.165, 1.54) is 18.4 Å². The summed E-state index contributed by atoms with van der Waals surface area (Å²) >= 11 is 0. The lowest BCUT2D eigenvalue weighted by molar-refractivity contribution is 0.148. The molecule has 0 amide bonds. The van der Waals surface area contributed by atoms with Crippen molar-refractivity contribution in [3.05, 3.63) is 72.8 Å². The van der Waals surface area contributed by atoms with E-state index in [1.54, 1.807) is 6.08 Å². The molecule has 0 N–H and O–H groups in total. The SMILES string of the molecule is C=CCOc1cccc(OC(CCN(C)Cc2ccccc2)C2CC2)c1. The summed E-state index contributed by atoms with van der Waals surface area (Å²) in [5.41, 5.74) is 1.35. The fourth-order valence-electron chi connectivity index (χ4n) is 3.15. The second kappa shape index (κ2) is 9.44. The Kier molecular flexibility index (Phi) is 6.73. The topological polar surface area (TPSA) is 21.7 Å². The van der Waals surface area contributed by atoms with Gasteiger partial charge in [0.05, 0.1) is 0 Å². The zero-order chi connectivity index (χ0) is 18.2. The Morgan fingerprint density at radius 3 is 2.62 bits per heavy atom. The lowest BCUT2D eigenvalue weighted by atomic mass is 10.1. The minimum Gasteiger partial charge on any atom is -0.490 e. The first-order chi connectivity index (χ1) is 12.7. The van der Waals surface area contributed by atoms with Gasteiger partial charge in [0.2, 0.25) is 0 Å². The second-order valence-electron chi connectivity index (χ2n) is 7.08. The average Bonchev–Trinajstić information content (AvgIpc) is 3.50. The first-order valence-electron chi connectivity index (χ1n) is 9.47. The van der Waals surface area contributed by atoms with Crippen molar-refractivity contribution in [3.8, 4) is 11.5 Å². The highest BCUT2D eigenvalue weighted by atomic mass is 16.5. The van der Waals surface area contributed by atoms with E-state index < -0.39 is 0 Å². The molecule has 1 unspecified atom stereocenters. The van der Waals surface area contributed by atoms with Crippen LogP contribution in [0.1, 0.15) is 24.8 Å². The quantitative estimate of drug-likeness (QED) is 0.536. The molecule has 0 bridgehead atoms. The van der Waals surface area contributed by atoms with Crippen LogP contribution in [0, 0.1) is 5.92 Å². The molecule has 3 nitrogen and oxygen atoms in total. The van der Waals surface area contributed by atoms with E-state index >= 15 is 0 Å². The predicted octanol–water partition coefficient (Wildman–Crippen LogP) is 4.93. The molecule has 1 atom stereocenters. The maximum Gasteiger partial charge on any atom is 0.123 e. The van der Waals surface area contributed by atoms with Crippen LogP contribution in [0.15, 0.2) is 67.3 Å². The monoisotopic (exact) mass is 351 g/mol. The van der Waals surface area contributed by atoms with Crippen molar-refractivity contribution >= 4 is 0 Å². The Morgan fingerprint density at radius 1 is 1.12 bits per heavy atom. The van der Waals surface area contributed by atoms with Gasteiger partial charge in [0.15, 0.2) is 0 Å². The molecule has 26 heavy (non-hydrogen) atoms. The van der Waals surface area contributed by atoms with Gasteiger partial charge in [-0.3, -0.25) is 0 Å². The van der Waals surface area contributed by atoms with Gasteiger partial charge in [-0.2, -0.15) is 0 Å². The molecule has 3 heteroatoms. The van der Waals surface area contributed by atoms with E-state index in [9.17, 15) is 0 Å². The third-order valence-electron chi connectivity index (χ3n) is 4.70. The molecule has 0 aliphatic heterocycles. The Balaban J connectivity index is 1.52. The normalized spacial score (nSPS) is 14.8. The molecule has 2 aromatic carbocycles. The molecular formula is C23H29NO2. The van der Waals surface area contributed by atoms with Crippen molar-refractivity contribution in [2.24, 2.45) is 5.92 Å². The minimum atomic E-state index is 0.280. The molecular weight excluding hydrogens is 322 g/mol. The summed E-state index contributed by atoms with van der Waals surface area (Å²) in [4.78, 5) is 2.37. The summed E-state index contributed by atoms with van der Waals surface area (Å²) in [6.45, 7) is 6.21. The summed E-state index contributed by atoms with van der Waals surface area (Å²) in [6, 6.07) is 18.6. The molecule has 0 heterocycles. The number of hydrogen-bond acceptors (Lipinski definition) is 3. The van der Waals surface area contributed by atoms with E-state index in [0.717, 1.165) is 31.0 Å². The van der Waals surface area contributed by atoms with E-state index in [-0.39, 0.29) is 6.10 Å². The van der Waals surface area contributed by atoms with Gasteiger partial charge in [-0.25, -0.2) is 0 Å². The zero-order valence-corrected chi connectivity index (χ0v) is 15.6. The van der Waals surface area contributed by atoms with Crippen LogP contribution in [0.5, 0.6) is 11.5 Å². The van der Waals surface area contributed by atoms with E-state index in [1.807, 2.05) is 24.3 Å². The van der Waals surface area contributed by atoms with Crippen LogP contribution in [-0.2, 0) is 6.54 Å². The third-order valence-corrected chi connectivity index (χ3v) is 4.70. The maximum absolute atomic E-state index is 6.33. The van der Waals surface area contributed by atoms with Crippen LogP contribution >= 0.6 is 0 Å². The largest absolute Gasteiger partial charge is 0.490 e. The zero-order valence-electron chi connectivity index (χ0n) is 15.6. The van der Waals surface area contributed by atoms with Crippen molar-refractivity contribution in [2.75, 3.05) is 20.2 Å². The Morgan fingerprint density at radius 2 is 1.88 bits per heavy atom. The lowest BCUT2D eigenvalue weighted by Gasteiger charge is -2.23. The molecule has 0 aromatic heterocycles. The summed E-state index contributed by atoms with van der Waals surface area (Å²) in [5.74, 6) is 2.42. The van der Waals surface area contributed by atoms with Gasteiger partial charge in [0.1, 0.15) is 24.2 Å². The minimum absolute atomic E-state index is 0.280. The van der Waals surface area contributed by atoms with Crippen LogP contribution in [-0.4, -0.2) is 31.2 Å². The molecule has 138 valence electrons. The molecule has 2 aromatic rings. The van der Waals surface area contributed by atoms with Gasteiger partial charge >= 0.3 is 0 Å². The predicted molar refractivity (Wildman–Crippen MR) is 107 cm³/mol. The molecule has 0 spiro atoms. The fraction of sp³-hybridized carbons (Fsp3) is 0.391. The smallest absolute Gasteiger partial charge is 0.123 e. The summed E-state index contributed by atoms with van der Waals surface area (Å²) in [7, 11) is 2.18. The van der Waals surface area contributed by atoms with Crippen LogP contribution in [0.3, 0.4) is 0 Å². The number of hydrogen-bond donors (Lipinski definition) is 0. The van der Waals surface area contributed by atoms with Crippen molar-refractivity contribution in [1.82, 2.24) is 4.90 Å². The Labute approximate surface area is 157 Å². The van der Waals surface area contributed by atoms with Gasteiger partial charge in [-0.05, 0) is 49.9 Å². The number of benzene rings is 2. The number of rotatable bonds is 11. The van der Waals surface area contributed by atoms with E-state index in [4.69, 9.17) is 9.47 Å². The highest BCUT2D eigenvalue weighted by molar-refractivity contribution is 5.33. The molecule has 1 aliphatic carbocycles. The van der Waals surface area contributed by atoms with Crippen molar-refractivity contribution in [1.29, 1.82) is 0 Å². The first kappa shape index (κ1) is 18.5. The Bertz CT molecular complexity index is 682. The van der Waals surface area contributed by atoms with E-state index in [0.29, 0.717) is 12.5 Å². The average molecular weight is 351 g/mol. The van der Waals surface area contributed by atoms with Crippen LogP contribution in [0.25, 0.3) is 0 Å². The summed E-state index contributed by atoms with van der Waals surface area (Å²) < 4.78 is 11.9. The van der Waals surface area contributed by atoms with Crippen LogP contribution < -0.4 is 9.47 Å². The summed E-state index contributed by atoms with van der Waals surface area (Å²) in [6.07, 6.45) is 5.64. The van der Waals surface area contributed by atoms with Gasteiger partial charge in [0, 0.05) is 19.2 Å². The van der Waals surface area contributed by atoms with Crippen LogP contribution in [0.2, 0.25) is 0 Å². The highest BCUT2D eigenvalue weighted by Crippen LogP contribution is 2.37. The van der Waals surface area contributed by atoms with Crippen molar-refractivity contribution in [2.45, 2.75) is 31.9 Å². The van der Waals surface area contributed by atoms with Gasteiger partial charge in [0.25, 0.3) is 0 Å². The number of ether oxygens (including phenoxy) is 2. The first-order valence-corrected chi connectivity index (χ1v) is 9.47. The van der Waals surface area contributed by atoms with Crippen LogP contribution in [0.4, 0.5) is 0 Å². The number of nitrogens with zero attached hydrogens (tertiary/aromatic N) is 1. The molecule has 0 radical (unpaired) electrons.